The Morgan fingerprint density at radius 1 is 1.36 bits per heavy atom. The first-order valence-corrected chi connectivity index (χ1v) is 13.0. The van der Waals surface area contributed by atoms with Crippen LogP contribution in [-0.4, -0.2) is 50.8 Å². The van der Waals surface area contributed by atoms with Crippen LogP contribution in [0.25, 0.3) is 10.9 Å². The Hall–Kier alpha value is -1.21. The number of nitrogens with one attached hydrogen (secondary N) is 1. The summed E-state index contributed by atoms with van der Waals surface area (Å²) in [6.07, 6.45) is 3.00. The average molecular weight is 362 g/mol. The van der Waals surface area contributed by atoms with E-state index in [1.807, 2.05) is 10.9 Å². The molecule has 1 fully saturated rings. The number of aromatic nitrogens is 2. The van der Waals surface area contributed by atoms with Crippen LogP contribution >= 0.6 is 0 Å². The lowest BCUT2D eigenvalue weighted by Gasteiger charge is -2.16. The van der Waals surface area contributed by atoms with Crippen molar-refractivity contribution in [2.24, 2.45) is 5.92 Å². The molecule has 0 saturated carbocycles. The van der Waals surface area contributed by atoms with Gasteiger partial charge < -0.3 is 14.8 Å². The number of benzene rings is 1. The van der Waals surface area contributed by atoms with Crippen LogP contribution < -0.4 is 5.32 Å². The van der Waals surface area contributed by atoms with E-state index in [1.165, 1.54) is 17.0 Å². The van der Waals surface area contributed by atoms with Gasteiger partial charge in [0.25, 0.3) is 0 Å². The summed E-state index contributed by atoms with van der Waals surface area (Å²) in [7, 11) is -1.04. The number of hydrogen-bond acceptors (Lipinski definition) is 4. The van der Waals surface area contributed by atoms with E-state index in [1.54, 1.807) is 0 Å². The second-order valence-electron chi connectivity index (χ2n) is 8.19. The zero-order chi connectivity index (χ0) is 17.7. The SMILES string of the molecule is C[Si](C)(C)CCOCn1ncc2c(CC3CNCCOC3)cccc21. The molecule has 3 rings (SSSR count). The van der Waals surface area contributed by atoms with Crippen molar-refractivity contribution < 1.29 is 9.47 Å². The van der Waals surface area contributed by atoms with E-state index in [0.717, 1.165) is 44.8 Å². The molecular weight excluding hydrogens is 330 g/mol. The van der Waals surface area contributed by atoms with Gasteiger partial charge in [-0.05, 0) is 30.0 Å². The van der Waals surface area contributed by atoms with Crippen molar-refractivity contribution in [3.05, 3.63) is 30.0 Å². The van der Waals surface area contributed by atoms with Crippen LogP contribution in [-0.2, 0) is 22.6 Å². The Labute approximate surface area is 151 Å². The van der Waals surface area contributed by atoms with Crippen LogP contribution in [0.15, 0.2) is 24.4 Å². The first kappa shape index (κ1) is 18.6. The van der Waals surface area contributed by atoms with Crippen LogP contribution in [0.3, 0.4) is 0 Å². The largest absolute Gasteiger partial charge is 0.380 e. The number of hydrogen-bond donors (Lipinski definition) is 1. The van der Waals surface area contributed by atoms with Gasteiger partial charge in [-0.1, -0.05) is 31.8 Å². The van der Waals surface area contributed by atoms with Gasteiger partial charge in [0, 0.05) is 33.2 Å². The normalized spacial score (nSPS) is 19.2. The maximum atomic E-state index is 5.87. The summed E-state index contributed by atoms with van der Waals surface area (Å²) in [4.78, 5) is 0. The first-order valence-electron chi connectivity index (χ1n) is 9.32. The predicted octanol–water partition coefficient (Wildman–Crippen LogP) is 3.13. The summed E-state index contributed by atoms with van der Waals surface area (Å²) in [5.41, 5.74) is 2.51. The first-order chi connectivity index (χ1) is 12.0. The van der Waals surface area contributed by atoms with Gasteiger partial charge in [-0.15, -0.1) is 0 Å². The van der Waals surface area contributed by atoms with Crippen LogP contribution in [0.2, 0.25) is 25.7 Å². The number of fused-ring (bicyclic) bond motifs is 1. The highest BCUT2D eigenvalue weighted by Crippen LogP contribution is 2.22. The minimum atomic E-state index is -1.04. The molecule has 2 heterocycles. The number of ether oxygens (including phenoxy) is 2. The van der Waals surface area contributed by atoms with Gasteiger partial charge in [0.15, 0.2) is 0 Å². The molecule has 1 unspecified atom stereocenters. The third-order valence-corrected chi connectivity index (χ3v) is 6.41. The summed E-state index contributed by atoms with van der Waals surface area (Å²) < 4.78 is 13.5. The molecule has 6 heteroatoms. The van der Waals surface area contributed by atoms with Crippen molar-refractivity contribution in [3.63, 3.8) is 0 Å². The Morgan fingerprint density at radius 2 is 2.24 bits per heavy atom. The quantitative estimate of drug-likeness (QED) is 0.608. The molecule has 0 amide bonds. The molecule has 1 atom stereocenters. The van der Waals surface area contributed by atoms with E-state index < -0.39 is 8.07 Å². The second kappa shape index (κ2) is 8.45. The molecule has 25 heavy (non-hydrogen) atoms. The monoisotopic (exact) mass is 361 g/mol. The van der Waals surface area contributed by atoms with Crippen LogP contribution in [0.1, 0.15) is 5.56 Å². The Balaban J connectivity index is 1.65. The average Bonchev–Trinajstić information content (AvgIpc) is 2.80. The zero-order valence-corrected chi connectivity index (χ0v) is 16.8. The van der Waals surface area contributed by atoms with E-state index in [4.69, 9.17) is 9.47 Å². The van der Waals surface area contributed by atoms with Gasteiger partial charge in [-0.3, -0.25) is 0 Å². The zero-order valence-electron chi connectivity index (χ0n) is 15.8. The van der Waals surface area contributed by atoms with Gasteiger partial charge in [0.05, 0.1) is 24.9 Å². The lowest BCUT2D eigenvalue weighted by Crippen LogP contribution is -2.24. The Bertz CT molecular complexity index is 673. The molecule has 1 aliphatic rings. The highest BCUT2D eigenvalue weighted by molar-refractivity contribution is 6.76. The van der Waals surface area contributed by atoms with E-state index in [9.17, 15) is 0 Å². The molecule has 0 radical (unpaired) electrons. The minimum absolute atomic E-state index is 0.518. The summed E-state index contributed by atoms with van der Waals surface area (Å²) in [5.74, 6) is 0.518. The number of rotatable bonds is 7. The van der Waals surface area contributed by atoms with Gasteiger partial charge in [0.1, 0.15) is 6.73 Å². The summed E-state index contributed by atoms with van der Waals surface area (Å²) in [6.45, 7) is 12.1. The molecule has 1 aliphatic heterocycles. The van der Waals surface area contributed by atoms with Gasteiger partial charge >= 0.3 is 0 Å². The second-order valence-corrected chi connectivity index (χ2v) is 13.8. The third kappa shape index (κ3) is 5.38. The van der Waals surface area contributed by atoms with E-state index in [2.05, 4.69) is 48.3 Å². The molecule has 0 aliphatic carbocycles. The lowest BCUT2D eigenvalue weighted by atomic mass is 9.97. The lowest BCUT2D eigenvalue weighted by molar-refractivity contribution is 0.0817. The standard InChI is InChI=1S/C19H31N3O2Si/c1-25(2,3)10-9-24-15-22-19-6-4-5-17(18(19)13-21-22)11-16-12-20-7-8-23-14-16/h4-6,13,16,20H,7-12,14-15H2,1-3H3. The van der Waals surface area contributed by atoms with Crippen molar-refractivity contribution in [2.45, 2.75) is 38.8 Å². The molecule has 5 nitrogen and oxygen atoms in total. The van der Waals surface area contributed by atoms with Crippen LogP contribution in [0, 0.1) is 5.92 Å². The van der Waals surface area contributed by atoms with E-state index in [-0.39, 0.29) is 0 Å². The van der Waals surface area contributed by atoms with Gasteiger partial charge in [-0.2, -0.15) is 5.10 Å². The van der Waals surface area contributed by atoms with Crippen LogP contribution in [0.5, 0.6) is 0 Å². The molecule has 0 bridgehead atoms. The Kier molecular flexibility index (Phi) is 6.27. The molecule has 1 aromatic heterocycles. The summed E-state index contributed by atoms with van der Waals surface area (Å²) in [6, 6.07) is 7.66. The fraction of sp³-hybridized carbons (Fsp3) is 0.632. The molecular formula is C19H31N3O2Si. The van der Waals surface area contributed by atoms with Crippen molar-refractivity contribution in [3.8, 4) is 0 Å². The van der Waals surface area contributed by atoms with Crippen molar-refractivity contribution in [2.75, 3.05) is 32.9 Å². The molecule has 138 valence electrons. The minimum Gasteiger partial charge on any atom is -0.380 e. The maximum Gasteiger partial charge on any atom is 0.139 e. The topological polar surface area (TPSA) is 48.3 Å². The van der Waals surface area contributed by atoms with E-state index >= 15 is 0 Å². The molecule has 1 aromatic carbocycles. The fourth-order valence-electron chi connectivity index (χ4n) is 3.18. The third-order valence-electron chi connectivity index (χ3n) is 4.71. The highest BCUT2D eigenvalue weighted by Gasteiger charge is 2.16. The maximum absolute atomic E-state index is 5.87. The molecule has 2 aromatic rings. The van der Waals surface area contributed by atoms with Gasteiger partial charge in [-0.25, -0.2) is 4.68 Å². The van der Waals surface area contributed by atoms with Crippen LogP contribution in [0.4, 0.5) is 0 Å². The summed E-state index contributed by atoms with van der Waals surface area (Å²) >= 11 is 0. The van der Waals surface area contributed by atoms with E-state index in [0.29, 0.717) is 12.6 Å². The molecule has 1 saturated heterocycles. The van der Waals surface area contributed by atoms with Crippen molar-refractivity contribution >= 4 is 19.0 Å². The van der Waals surface area contributed by atoms with Gasteiger partial charge in [0.2, 0.25) is 0 Å². The van der Waals surface area contributed by atoms with Crippen molar-refractivity contribution in [1.29, 1.82) is 0 Å². The highest BCUT2D eigenvalue weighted by atomic mass is 28.3. The smallest absolute Gasteiger partial charge is 0.139 e. The predicted molar refractivity (Wildman–Crippen MR) is 105 cm³/mol. The Morgan fingerprint density at radius 3 is 3.08 bits per heavy atom. The summed E-state index contributed by atoms with van der Waals surface area (Å²) in [5, 5.41) is 9.25. The molecule has 1 N–H and O–H groups in total. The fourth-order valence-corrected chi connectivity index (χ4v) is 3.93. The number of nitrogens with zero attached hydrogens (tertiary/aromatic N) is 2. The molecule has 0 spiro atoms. The van der Waals surface area contributed by atoms with Crippen molar-refractivity contribution in [1.82, 2.24) is 15.1 Å².